The summed E-state index contributed by atoms with van der Waals surface area (Å²) < 4.78 is 0. The van der Waals surface area contributed by atoms with E-state index in [0.29, 0.717) is 19.5 Å². The summed E-state index contributed by atoms with van der Waals surface area (Å²) in [4.78, 5) is 24.9. The molecule has 0 aromatic heterocycles. The van der Waals surface area contributed by atoms with Crippen molar-refractivity contribution in [3.05, 3.63) is 0 Å². The molecule has 18 heavy (non-hydrogen) atoms. The number of carbonyl (C=O) groups excluding carboxylic acids is 1. The van der Waals surface area contributed by atoms with E-state index >= 15 is 0 Å². The maximum atomic E-state index is 12.1. The zero-order valence-electron chi connectivity index (χ0n) is 11.3. The van der Waals surface area contributed by atoms with Crippen LogP contribution in [0.2, 0.25) is 0 Å². The van der Waals surface area contributed by atoms with E-state index in [1.807, 2.05) is 0 Å². The molecule has 5 heteroatoms. The average molecular weight is 254 g/mol. The van der Waals surface area contributed by atoms with Crippen LogP contribution in [-0.2, 0) is 4.79 Å². The SMILES string of the molecule is CC1(C(=O)O)CCCN(C(=O)NC2CC2(C)C)C1. The summed E-state index contributed by atoms with van der Waals surface area (Å²) in [6.07, 6.45) is 2.40. The van der Waals surface area contributed by atoms with Crippen molar-refractivity contribution in [2.45, 2.75) is 46.1 Å². The summed E-state index contributed by atoms with van der Waals surface area (Å²) in [6.45, 7) is 6.92. The highest BCUT2D eigenvalue weighted by Crippen LogP contribution is 2.44. The van der Waals surface area contributed by atoms with Crippen LogP contribution in [0.15, 0.2) is 0 Å². The second-order valence-electron chi connectivity index (χ2n) is 6.59. The van der Waals surface area contributed by atoms with Crippen molar-refractivity contribution >= 4 is 12.0 Å². The van der Waals surface area contributed by atoms with Crippen molar-refractivity contribution in [3.63, 3.8) is 0 Å². The van der Waals surface area contributed by atoms with Crippen LogP contribution in [0.1, 0.15) is 40.0 Å². The number of amides is 2. The van der Waals surface area contributed by atoms with Gasteiger partial charge in [-0.25, -0.2) is 4.79 Å². The zero-order valence-corrected chi connectivity index (χ0v) is 11.3. The molecule has 2 rings (SSSR count). The Balaban J connectivity index is 1.93. The molecule has 0 radical (unpaired) electrons. The van der Waals surface area contributed by atoms with Gasteiger partial charge in [0.05, 0.1) is 5.41 Å². The standard InChI is InChI=1S/C13H22N2O3/c1-12(2)7-9(12)14-11(18)15-6-4-5-13(3,8-15)10(16)17/h9H,4-8H2,1-3H3,(H,14,18)(H,16,17). The Morgan fingerprint density at radius 3 is 2.44 bits per heavy atom. The summed E-state index contributed by atoms with van der Waals surface area (Å²) >= 11 is 0. The normalized spacial score (nSPS) is 33.9. The summed E-state index contributed by atoms with van der Waals surface area (Å²) in [7, 11) is 0. The molecule has 5 nitrogen and oxygen atoms in total. The monoisotopic (exact) mass is 254 g/mol. The van der Waals surface area contributed by atoms with Crippen molar-refractivity contribution in [2.24, 2.45) is 10.8 Å². The highest BCUT2D eigenvalue weighted by atomic mass is 16.4. The third kappa shape index (κ3) is 2.44. The number of urea groups is 1. The summed E-state index contributed by atoms with van der Waals surface area (Å²) in [5.74, 6) is -0.813. The molecule has 102 valence electrons. The fourth-order valence-corrected chi connectivity index (χ4v) is 2.54. The molecule has 2 atom stereocenters. The van der Waals surface area contributed by atoms with Crippen LogP contribution in [0.4, 0.5) is 4.79 Å². The number of rotatable bonds is 2. The van der Waals surface area contributed by atoms with Gasteiger partial charge in [-0.2, -0.15) is 0 Å². The van der Waals surface area contributed by atoms with Gasteiger partial charge in [0.25, 0.3) is 0 Å². The molecule has 0 bridgehead atoms. The first kappa shape index (κ1) is 13.2. The van der Waals surface area contributed by atoms with E-state index < -0.39 is 11.4 Å². The third-order valence-electron chi connectivity index (χ3n) is 4.31. The molecular weight excluding hydrogens is 232 g/mol. The highest BCUT2D eigenvalue weighted by molar-refractivity contribution is 5.79. The number of hydrogen-bond acceptors (Lipinski definition) is 2. The Hall–Kier alpha value is -1.26. The molecule has 1 saturated heterocycles. The van der Waals surface area contributed by atoms with Gasteiger partial charge in [-0.1, -0.05) is 13.8 Å². The Labute approximate surface area is 108 Å². The minimum atomic E-state index is -0.813. The first-order valence-corrected chi connectivity index (χ1v) is 6.53. The van der Waals surface area contributed by atoms with Gasteiger partial charge in [0.1, 0.15) is 0 Å². The predicted molar refractivity (Wildman–Crippen MR) is 67.3 cm³/mol. The number of nitrogens with zero attached hydrogens (tertiary/aromatic N) is 1. The van der Waals surface area contributed by atoms with Gasteiger partial charge in [-0.15, -0.1) is 0 Å². The van der Waals surface area contributed by atoms with Crippen molar-refractivity contribution in [3.8, 4) is 0 Å². The lowest BCUT2D eigenvalue weighted by molar-refractivity contribution is -0.150. The molecular formula is C13H22N2O3. The lowest BCUT2D eigenvalue weighted by Crippen LogP contribution is -2.52. The fraction of sp³-hybridized carbons (Fsp3) is 0.846. The minimum absolute atomic E-state index is 0.113. The van der Waals surface area contributed by atoms with Crippen molar-refractivity contribution in [2.75, 3.05) is 13.1 Å². The van der Waals surface area contributed by atoms with Crippen molar-refractivity contribution in [1.29, 1.82) is 0 Å². The number of carboxylic acids is 1. The molecule has 2 fully saturated rings. The highest BCUT2D eigenvalue weighted by Gasteiger charge is 2.48. The molecule has 2 aliphatic rings. The van der Waals surface area contributed by atoms with E-state index in [1.165, 1.54) is 0 Å². The van der Waals surface area contributed by atoms with E-state index in [2.05, 4.69) is 19.2 Å². The van der Waals surface area contributed by atoms with E-state index in [-0.39, 0.29) is 17.5 Å². The molecule has 0 aromatic carbocycles. The van der Waals surface area contributed by atoms with Crippen LogP contribution >= 0.6 is 0 Å². The topological polar surface area (TPSA) is 69.6 Å². The van der Waals surface area contributed by atoms with Gasteiger partial charge in [0, 0.05) is 19.1 Å². The van der Waals surface area contributed by atoms with Crippen LogP contribution in [0.3, 0.4) is 0 Å². The first-order valence-electron chi connectivity index (χ1n) is 6.53. The second kappa shape index (κ2) is 4.14. The molecule has 2 unspecified atom stereocenters. The molecule has 0 aromatic rings. The maximum Gasteiger partial charge on any atom is 0.317 e. The zero-order chi connectivity index (χ0) is 13.6. The fourth-order valence-electron chi connectivity index (χ4n) is 2.54. The van der Waals surface area contributed by atoms with Gasteiger partial charge in [-0.3, -0.25) is 4.79 Å². The second-order valence-corrected chi connectivity index (χ2v) is 6.59. The summed E-state index contributed by atoms with van der Waals surface area (Å²) in [6, 6.07) is 0.126. The van der Waals surface area contributed by atoms with Crippen LogP contribution < -0.4 is 5.32 Å². The first-order chi connectivity index (χ1) is 8.24. The van der Waals surface area contributed by atoms with Crippen LogP contribution in [0.25, 0.3) is 0 Å². The smallest absolute Gasteiger partial charge is 0.317 e. The largest absolute Gasteiger partial charge is 0.481 e. The van der Waals surface area contributed by atoms with E-state index in [1.54, 1.807) is 11.8 Å². The number of piperidine rings is 1. The minimum Gasteiger partial charge on any atom is -0.481 e. The van der Waals surface area contributed by atoms with Gasteiger partial charge in [0.15, 0.2) is 0 Å². The van der Waals surface area contributed by atoms with Gasteiger partial charge in [0.2, 0.25) is 0 Å². The number of carbonyl (C=O) groups is 2. The number of carboxylic acid groups (broad SMARTS) is 1. The average Bonchev–Trinajstić information content (AvgIpc) is 2.85. The number of likely N-dealkylation sites (tertiary alicyclic amines) is 1. The van der Waals surface area contributed by atoms with Crippen LogP contribution in [0, 0.1) is 10.8 Å². The van der Waals surface area contributed by atoms with Crippen LogP contribution in [0.5, 0.6) is 0 Å². The Kier molecular flexibility index (Phi) is 3.03. The Morgan fingerprint density at radius 1 is 1.33 bits per heavy atom. The van der Waals surface area contributed by atoms with Gasteiger partial charge in [-0.05, 0) is 31.6 Å². The third-order valence-corrected chi connectivity index (χ3v) is 4.31. The van der Waals surface area contributed by atoms with E-state index in [9.17, 15) is 14.7 Å². The molecule has 0 spiro atoms. The van der Waals surface area contributed by atoms with E-state index in [0.717, 1.165) is 12.8 Å². The number of hydrogen-bond donors (Lipinski definition) is 2. The maximum absolute atomic E-state index is 12.1. The molecule has 2 amide bonds. The van der Waals surface area contributed by atoms with Gasteiger partial charge >= 0.3 is 12.0 Å². The van der Waals surface area contributed by atoms with Crippen molar-refractivity contribution < 1.29 is 14.7 Å². The molecule has 1 aliphatic heterocycles. The lowest BCUT2D eigenvalue weighted by atomic mass is 9.82. The number of aliphatic carboxylic acids is 1. The predicted octanol–water partition coefficient (Wildman–Crippen LogP) is 1.68. The molecule has 1 saturated carbocycles. The van der Waals surface area contributed by atoms with E-state index in [4.69, 9.17) is 0 Å². The summed E-state index contributed by atoms with van der Waals surface area (Å²) in [5.41, 5.74) is -0.601. The Morgan fingerprint density at radius 2 is 1.94 bits per heavy atom. The molecule has 2 N–H and O–H groups in total. The lowest BCUT2D eigenvalue weighted by Gasteiger charge is -2.37. The quantitative estimate of drug-likeness (QED) is 0.787. The van der Waals surface area contributed by atoms with Crippen molar-refractivity contribution in [1.82, 2.24) is 10.2 Å². The number of nitrogens with one attached hydrogen (secondary N) is 1. The molecule has 1 aliphatic carbocycles. The molecule has 1 heterocycles. The van der Waals surface area contributed by atoms with Crippen LogP contribution in [-0.4, -0.2) is 41.1 Å². The van der Waals surface area contributed by atoms with Gasteiger partial charge < -0.3 is 15.3 Å². The summed E-state index contributed by atoms with van der Waals surface area (Å²) in [5, 5.41) is 12.2. The Bertz CT molecular complexity index is 380.